The molecule has 96 valence electrons. The summed E-state index contributed by atoms with van der Waals surface area (Å²) < 4.78 is 1.16. The van der Waals surface area contributed by atoms with Gasteiger partial charge < -0.3 is 5.11 Å². The molecule has 0 aromatic carbocycles. The number of aliphatic hydroxyl groups is 1. The average molecular weight is 317 g/mol. The molecule has 1 aromatic heterocycles. The molecular formula is C14H21BrOS. The van der Waals surface area contributed by atoms with Gasteiger partial charge in [0, 0.05) is 15.8 Å². The molecule has 1 N–H and O–H groups in total. The second-order valence-corrected chi connectivity index (χ2v) is 7.02. The molecule has 0 bridgehead atoms. The van der Waals surface area contributed by atoms with Gasteiger partial charge in [-0.3, -0.25) is 0 Å². The normalized spacial score (nSPS) is 27.0. The van der Waals surface area contributed by atoms with Gasteiger partial charge >= 0.3 is 0 Å². The van der Waals surface area contributed by atoms with Crippen LogP contribution in [0.25, 0.3) is 0 Å². The Morgan fingerprint density at radius 2 is 2.35 bits per heavy atom. The molecule has 1 saturated carbocycles. The van der Waals surface area contributed by atoms with Crippen molar-refractivity contribution in [1.82, 2.24) is 0 Å². The van der Waals surface area contributed by atoms with E-state index in [1.807, 2.05) is 0 Å². The van der Waals surface area contributed by atoms with Crippen LogP contribution in [0.5, 0.6) is 0 Å². The van der Waals surface area contributed by atoms with E-state index < -0.39 is 0 Å². The molecule has 1 heterocycles. The highest BCUT2D eigenvalue weighted by Gasteiger charge is 2.27. The number of rotatable bonds is 4. The highest BCUT2D eigenvalue weighted by Crippen LogP contribution is 2.35. The van der Waals surface area contributed by atoms with Crippen molar-refractivity contribution < 1.29 is 5.11 Å². The summed E-state index contributed by atoms with van der Waals surface area (Å²) in [5.41, 5.74) is 0. The third kappa shape index (κ3) is 3.55. The van der Waals surface area contributed by atoms with Crippen LogP contribution in [-0.2, 0) is 6.42 Å². The molecule has 1 nitrogen and oxygen atoms in total. The first-order valence-corrected chi connectivity index (χ1v) is 8.28. The van der Waals surface area contributed by atoms with Crippen molar-refractivity contribution in [3.05, 3.63) is 20.8 Å². The lowest BCUT2D eigenvalue weighted by molar-refractivity contribution is 0.0690. The third-order valence-electron chi connectivity index (χ3n) is 4.03. The van der Waals surface area contributed by atoms with Crippen LogP contribution < -0.4 is 0 Å². The lowest BCUT2D eigenvalue weighted by Crippen LogP contribution is -2.28. The minimum atomic E-state index is -0.153. The number of halogens is 1. The van der Waals surface area contributed by atoms with Crippen LogP contribution in [-0.4, -0.2) is 11.2 Å². The molecule has 0 spiro atoms. The van der Waals surface area contributed by atoms with Crippen LogP contribution in [0.3, 0.4) is 0 Å². The molecule has 1 aliphatic carbocycles. The van der Waals surface area contributed by atoms with Crippen molar-refractivity contribution in [2.45, 2.75) is 51.6 Å². The largest absolute Gasteiger partial charge is 0.392 e. The minimum Gasteiger partial charge on any atom is -0.392 e. The molecule has 0 aliphatic heterocycles. The van der Waals surface area contributed by atoms with Gasteiger partial charge in [0.05, 0.1) is 6.10 Å². The van der Waals surface area contributed by atoms with Crippen LogP contribution >= 0.6 is 27.3 Å². The van der Waals surface area contributed by atoms with Gasteiger partial charge in [-0.15, -0.1) is 11.3 Å². The van der Waals surface area contributed by atoms with Crippen LogP contribution in [0.2, 0.25) is 0 Å². The standard InChI is InChI=1S/C14H21BrOS/c1-2-10-4-3-5-11(8-10)13(16)9-14-12(15)6-7-17-14/h6-7,10-11,13,16H,2-5,8-9H2,1H3. The van der Waals surface area contributed by atoms with E-state index in [0.717, 1.165) is 16.8 Å². The molecule has 0 radical (unpaired) electrons. The van der Waals surface area contributed by atoms with E-state index in [9.17, 15) is 5.11 Å². The first-order valence-electron chi connectivity index (χ1n) is 6.60. The molecule has 17 heavy (non-hydrogen) atoms. The molecule has 1 fully saturated rings. The predicted octanol–water partition coefficient (Wildman–Crippen LogP) is 4.63. The van der Waals surface area contributed by atoms with Gasteiger partial charge in [-0.2, -0.15) is 0 Å². The number of thiophene rings is 1. The summed E-state index contributed by atoms with van der Waals surface area (Å²) in [6.07, 6.45) is 7.03. The molecule has 1 aromatic rings. The SMILES string of the molecule is CCC1CCCC(C(O)Cc2sccc2Br)C1. The zero-order chi connectivity index (χ0) is 12.3. The summed E-state index contributed by atoms with van der Waals surface area (Å²) in [6, 6.07) is 2.07. The molecule has 0 amide bonds. The highest BCUT2D eigenvalue weighted by molar-refractivity contribution is 9.10. The van der Waals surface area contributed by atoms with Crippen LogP contribution in [0.15, 0.2) is 15.9 Å². The summed E-state index contributed by atoms with van der Waals surface area (Å²) in [4.78, 5) is 1.29. The van der Waals surface area contributed by atoms with Gasteiger partial charge in [0.2, 0.25) is 0 Å². The molecule has 2 rings (SSSR count). The van der Waals surface area contributed by atoms with Gasteiger partial charge in [0.15, 0.2) is 0 Å². The lowest BCUT2D eigenvalue weighted by Gasteiger charge is -2.31. The fourth-order valence-electron chi connectivity index (χ4n) is 2.88. The van der Waals surface area contributed by atoms with Crippen LogP contribution in [0, 0.1) is 11.8 Å². The molecule has 3 atom stereocenters. The molecular weight excluding hydrogens is 296 g/mol. The maximum atomic E-state index is 10.4. The number of hydrogen-bond donors (Lipinski definition) is 1. The van der Waals surface area contributed by atoms with Gasteiger partial charge in [-0.05, 0) is 52.1 Å². The fourth-order valence-corrected chi connectivity index (χ4v) is 4.45. The summed E-state index contributed by atoms with van der Waals surface area (Å²) in [7, 11) is 0. The summed E-state index contributed by atoms with van der Waals surface area (Å²) in [6.45, 7) is 2.27. The Balaban J connectivity index is 1.91. The monoisotopic (exact) mass is 316 g/mol. The van der Waals surface area contributed by atoms with E-state index in [0.29, 0.717) is 5.92 Å². The second-order valence-electron chi connectivity index (χ2n) is 5.16. The number of hydrogen-bond acceptors (Lipinski definition) is 2. The van der Waals surface area contributed by atoms with Crippen molar-refractivity contribution in [2.75, 3.05) is 0 Å². The van der Waals surface area contributed by atoms with Crippen LogP contribution in [0.1, 0.15) is 43.9 Å². The van der Waals surface area contributed by atoms with E-state index >= 15 is 0 Å². The lowest BCUT2D eigenvalue weighted by atomic mass is 9.77. The Morgan fingerprint density at radius 1 is 1.53 bits per heavy atom. The fraction of sp³-hybridized carbons (Fsp3) is 0.714. The Labute approximate surface area is 116 Å². The van der Waals surface area contributed by atoms with E-state index in [1.165, 1.54) is 37.0 Å². The van der Waals surface area contributed by atoms with Gasteiger partial charge in [0.25, 0.3) is 0 Å². The minimum absolute atomic E-state index is 0.153. The number of aliphatic hydroxyl groups excluding tert-OH is 1. The zero-order valence-corrected chi connectivity index (χ0v) is 12.8. The van der Waals surface area contributed by atoms with Crippen molar-refractivity contribution in [1.29, 1.82) is 0 Å². The maximum absolute atomic E-state index is 10.4. The molecule has 3 heteroatoms. The Morgan fingerprint density at radius 3 is 3.00 bits per heavy atom. The quantitative estimate of drug-likeness (QED) is 0.858. The Kier molecular flexibility index (Phi) is 5.07. The maximum Gasteiger partial charge on any atom is 0.0617 e. The predicted molar refractivity (Wildman–Crippen MR) is 77.5 cm³/mol. The first-order chi connectivity index (χ1) is 8.20. The Bertz CT molecular complexity index is 350. The van der Waals surface area contributed by atoms with E-state index in [-0.39, 0.29) is 6.10 Å². The van der Waals surface area contributed by atoms with Crippen molar-refractivity contribution >= 4 is 27.3 Å². The zero-order valence-electron chi connectivity index (χ0n) is 10.4. The summed E-state index contributed by atoms with van der Waals surface area (Å²) in [5, 5.41) is 12.5. The molecule has 0 saturated heterocycles. The van der Waals surface area contributed by atoms with Gasteiger partial charge in [-0.1, -0.05) is 26.2 Å². The van der Waals surface area contributed by atoms with Crippen LogP contribution in [0.4, 0.5) is 0 Å². The first kappa shape index (κ1) is 13.6. The molecule has 1 aliphatic rings. The highest BCUT2D eigenvalue weighted by atomic mass is 79.9. The van der Waals surface area contributed by atoms with E-state index in [1.54, 1.807) is 11.3 Å². The smallest absolute Gasteiger partial charge is 0.0617 e. The van der Waals surface area contributed by atoms with E-state index in [2.05, 4.69) is 34.3 Å². The van der Waals surface area contributed by atoms with Crippen molar-refractivity contribution in [2.24, 2.45) is 11.8 Å². The average Bonchev–Trinajstić information content (AvgIpc) is 2.75. The second kappa shape index (κ2) is 6.35. The van der Waals surface area contributed by atoms with E-state index in [4.69, 9.17) is 0 Å². The Hall–Kier alpha value is 0.140. The topological polar surface area (TPSA) is 20.2 Å². The van der Waals surface area contributed by atoms with Crippen molar-refractivity contribution in [3.63, 3.8) is 0 Å². The summed E-state index contributed by atoms with van der Waals surface area (Å²) in [5.74, 6) is 1.36. The molecule has 3 unspecified atom stereocenters. The summed E-state index contributed by atoms with van der Waals surface area (Å²) >= 11 is 5.29. The van der Waals surface area contributed by atoms with Crippen molar-refractivity contribution in [3.8, 4) is 0 Å². The third-order valence-corrected chi connectivity index (χ3v) is 5.98. The van der Waals surface area contributed by atoms with Gasteiger partial charge in [0.1, 0.15) is 0 Å². The van der Waals surface area contributed by atoms with Gasteiger partial charge in [-0.25, -0.2) is 0 Å².